The first-order valence-corrected chi connectivity index (χ1v) is 5.59. The SMILES string of the molecule is CC1CN(Cc2ccccc2)CC1Cl. The molecule has 14 heavy (non-hydrogen) atoms. The van der Waals surface area contributed by atoms with Crippen molar-refractivity contribution in [3.63, 3.8) is 0 Å². The summed E-state index contributed by atoms with van der Waals surface area (Å²) in [6, 6.07) is 10.6. The molecule has 0 spiro atoms. The highest BCUT2D eigenvalue weighted by atomic mass is 35.5. The van der Waals surface area contributed by atoms with Crippen LogP contribution >= 0.6 is 11.6 Å². The Labute approximate surface area is 90.7 Å². The van der Waals surface area contributed by atoms with Crippen LogP contribution in [0, 0.1) is 5.92 Å². The minimum Gasteiger partial charge on any atom is -0.297 e. The Kier molecular flexibility index (Phi) is 3.09. The average molecular weight is 210 g/mol. The molecule has 0 aliphatic carbocycles. The van der Waals surface area contributed by atoms with E-state index in [-0.39, 0.29) is 0 Å². The van der Waals surface area contributed by atoms with E-state index in [1.54, 1.807) is 0 Å². The Hall–Kier alpha value is -0.530. The van der Waals surface area contributed by atoms with Crippen molar-refractivity contribution >= 4 is 11.6 Å². The zero-order valence-electron chi connectivity index (χ0n) is 8.49. The number of benzene rings is 1. The maximum atomic E-state index is 6.18. The molecule has 1 aromatic carbocycles. The predicted octanol–water partition coefficient (Wildman–Crippen LogP) is 2.75. The van der Waals surface area contributed by atoms with Crippen LogP contribution in [0.25, 0.3) is 0 Å². The zero-order valence-corrected chi connectivity index (χ0v) is 9.24. The van der Waals surface area contributed by atoms with E-state index in [1.807, 2.05) is 0 Å². The van der Waals surface area contributed by atoms with Gasteiger partial charge >= 0.3 is 0 Å². The fourth-order valence-corrected chi connectivity index (χ4v) is 2.27. The Morgan fingerprint density at radius 1 is 1.29 bits per heavy atom. The van der Waals surface area contributed by atoms with Gasteiger partial charge in [-0.1, -0.05) is 37.3 Å². The minimum atomic E-state index is 0.332. The van der Waals surface area contributed by atoms with Crippen LogP contribution in [0.3, 0.4) is 0 Å². The molecular weight excluding hydrogens is 194 g/mol. The Bertz CT molecular complexity index is 276. The Balaban J connectivity index is 1.94. The second kappa shape index (κ2) is 4.33. The fraction of sp³-hybridized carbons (Fsp3) is 0.500. The first-order valence-electron chi connectivity index (χ1n) is 5.16. The molecular formula is C12H16ClN. The summed E-state index contributed by atoms with van der Waals surface area (Å²) < 4.78 is 0. The molecule has 0 saturated carbocycles. The van der Waals surface area contributed by atoms with Crippen molar-refractivity contribution in [2.45, 2.75) is 18.8 Å². The van der Waals surface area contributed by atoms with Crippen molar-refractivity contribution in [1.29, 1.82) is 0 Å². The number of hydrogen-bond acceptors (Lipinski definition) is 1. The Morgan fingerprint density at radius 2 is 2.00 bits per heavy atom. The lowest BCUT2D eigenvalue weighted by Crippen LogP contribution is -2.20. The molecule has 2 heteroatoms. The van der Waals surface area contributed by atoms with E-state index in [9.17, 15) is 0 Å². The van der Waals surface area contributed by atoms with Gasteiger partial charge in [0.05, 0.1) is 5.38 Å². The van der Waals surface area contributed by atoms with Crippen LogP contribution in [0.4, 0.5) is 0 Å². The maximum absolute atomic E-state index is 6.18. The van der Waals surface area contributed by atoms with Gasteiger partial charge in [-0.15, -0.1) is 11.6 Å². The fourth-order valence-electron chi connectivity index (χ4n) is 1.99. The molecule has 1 saturated heterocycles. The summed E-state index contributed by atoms with van der Waals surface area (Å²) in [5.74, 6) is 0.625. The molecule has 1 heterocycles. The monoisotopic (exact) mass is 209 g/mol. The zero-order chi connectivity index (χ0) is 9.97. The summed E-state index contributed by atoms with van der Waals surface area (Å²) in [5.41, 5.74) is 1.38. The summed E-state index contributed by atoms with van der Waals surface area (Å²) in [5, 5.41) is 0.332. The molecule has 0 bridgehead atoms. The third-order valence-electron chi connectivity index (χ3n) is 2.85. The molecule has 0 radical (unpaired) electrons. The molecule has 0 aromatic heterocycles. The van der Waals surface area contributed by atoms with Gasteiger partial charge in [0.2, 0.25) is 0 Å². The van der Waals surface area contributed by atoms with Crippen LogP contribution in [0.2, 0.25) is 0 Å². The molecule has 2 unspecified atom stereocenters. The van der Waals surface area contributed by atoms with Gasteiger partial charge in [0.25, 0.3) is 0 Å². The number of likely N-dealkylation sites (tertiary alicyclic amines) is 1. The molecule has 0 N–H and O–H groups in total. The first kappa shape index (κ1) is 10.0. The number of rotatable bonds is 2. The largest absolute Gasteiger partial charge is 0.297 e. The second-order valence-corrected chi connectivity index (χ2v) is 4.73. The topological polar surface area (TPSA) is 3.24 Å². The molecule has 1 aromatic rings. The molecule has 1 aliphatic rings. The number of alkyl halides is 1. The first-order chi connectivity index (χ1) is 6.75. The smallest absolute Gasteiger partial charge is 0.0501 e. The van der Waals surface area contributed by atoms with Gasteiger partial charge in [-0.2, -0.15) is 0 Å². The summed E-state index contributed by atoms with van der Waals surface area (Å²) in [4.78, 5) is 2.43. The molecule has 2 atom stereocenters. The van der Waals surface area contributed by atoms with Crippen LogP contribution in [0.5, 0.6) is 0 Å². The van der Waals surface area contributed by atoms with Crippen LogP contribution in [-0.2, 0) is 6.54 Å². The second-order valence-electron chi connectivity index (χ2n) is 4.17. The molecule has 0 amide bonds. The van der Waals surface area contributed by atoms with Gasteiger partial charge in [0.1, 0.15) is 0 Å². The molecule has 1 fully saturated rings. The van der Waals surface area contributed by atoms with E-state index in [0.29, 0.717) is 11.3 Å². The van der Waals surface area contributed by atoms with E-state index in [0.717, 1.165) is 19.6 Å². The number of nitrogens with zero attached hydrogens (tertiary/aromatic N) is 1. The Morgan fingerprint density at radius 3 is 2.57 bits per heavy atom. The van der Waals surface area contributed by atoms with Crippen LogP contribution in [-0.4, -0.2) is 23.4 Å². The summed E-state index contributed by atoms with van der Waals surface area (Å²) in [6.07, 6.45) is 0. The molecule has 1 nitrogen and oxygen atoms in total. The van der Waals surface area contributed by atoms with Crippen molar-refractivity contribution in [3.8, 4) is 0 Å². The molecule has 1 aliphatic heterocycles. The molecule has 2 rings (SSSR count). The highest BCUT2D eigenvalue weighted by Gasteiger charge is 2.27. The average Bonchev–Trinajstić information content (AvgIpc) is 2.47. The van der Waals surface area contributed by atoms with Crippen LogP contribution in [0.15, 0.2) is 30.3 Å². The van der Waals surface area contributed by atoms with Gasteiger partial charge in [0.15, 0.2) is 0 Å². The summed E-state index contributed by atoms with van der Waals surface area (Å²) in [6.45, 7) is 5.41. The summed E-state index contributed by atoms with van der Waals surface area (Å²) in [7, 11) is 0. The maximum Gasteiger partial charge on any atom is 0.0501 e. The number of hydrogen-bond donors (Lipinski definition) is 0. The van der Waals surface area contributed by atoms with E-state index in [1.165, 1.54) is 5.56 Å². The van der Waals surface area contributed by atoms with Gasteiger partial charge in [-0.25, -0.2) is 0 Å². The van der Waals surface area contributed by atoms with E-state index in [2.05, 4.69) is 42.2 Å². The van der Waals surface area contributed by atoms with E-state index < -0.39 is 0 Å². The number of halogens is 1. The van der Waals surface area contributed by atoms with Crippen molar-refractivity contribution in [2.24, 2.45) is 5.92 Å². The van der Waals surface area contributed by atoms with Gasteiger partial charge in [0, 0.05) is 19.6 Å². The lowest BCUT2D eigenvalue weighted by molar-refractivity contribution is 0.320. The minimum absolute atomic E-state index is 0.332. The van der Waals surface area contributed by atoms with Crippen LogP contribution in [0.1, 0.15) is 12.5 Å². The molecule has 76 valence electrons. The van der Waals surface area contributed by atoms with Crippen molar-refractivity contribution in [3.05, 3.63) is 35.9 Å². The highest BCUT2D eigenvalue weighted by Crippen LogP contribution is 2.22. The van der Waals surface area contributed by atoms with Crippen molar-refractivity contribution < 1.29 is 0 Å². The predicted molar refractivity (Wildman–Crippen MR) is 60.5 cm³/mol. The van der Waals surface area contributed by atoms with E-state index >= 15 is 0 Å². The normalized spacial score (nSPS) is 28.1. The van der Waals surface area contributed by atoms with E-state index in [4.69, 9.17) is 11.6 Å². The standard InChI is InChI=1S/C12H16ClN/c1-10-7-14(9-12(10)13)8-11-5-3-2-4-6-11/h2-6,10,12H,7-9H2,1H3. The van der Waals surface area contributed by atoms with Crippen LogP contribution < -0.4 is 0 Å². The highest BCUT2D eigenvalue weighted by molar-refractivity contribution is 6.21. The third-order valence-corrected chi connectivity index (χ3v) is 3.41. The van der Waals surface area contributed by atoms with Gasteiger partial charge < -0.3 is 0 Å². The third kappa shape index (κ3) is 2.28. The summed E-state index contributed by atoms with van der Waals surface area (Å²) >= 11 is 6.18. The van der Waals surface area contributed by atoms with Gasteiger partial charge in [-0.3, -0.25) is 4.90 Å². The lowest BCUT2D eigenvalue weighted by atomic mass is 10.1. The quantitative estimate of drug-likeness (QED) is 0.678. The van der Waals surface area contributed by atoms with Crippen molar-refractivity contribution in [2.75, 3.05) is 13.1 Å². The van der Waals surface area contributed by atoms with Gasteiger partial charge in [-0.05, 0) is 11.5 Å². The lowest BCUT2D eigenvalue weighted by Gasteiger charge is -2.14. The van der Waals surface area contributed by atoms with Crippen molar-refractivity contribution in [1.82, 2.24) is 4.90 Å².